The molecule has 1 amide bonds. The van der Waals surface area contributed by atoms with Gasteiger partial charge >= 0.3 is 0 Å². The quantitative estimate of drug-likeness (QED) is 0.421. The molecule has 1 aliphatic carbocycles. The molecule has 2 N–H and O–H groups in total. The van der Waals surface area contributed by atoms with E-state index in [2.05, 4.69) is 66.3 Å². The van der Waals surface area contributed by atoms with Crippen LogP contribution in [0.4, 0.5) is 0 Å². The van der Waals surface area contributed by atoms with Crippen LogP contribution in [-0.4, -0.2) is 19.0 Å². The highest BCUT2D eigenvalue weighted by molar-refractivity contribution is 7.17. The average Bonchev–Trinajstić information content (AvgIpc) is 3.42. The normalized spacial score (nSPS) is 21.3. The van der Waals surface area contributed by atoms with Crippen LogP contribution in [0.3, 0.4) is 0 Å². The molecule has 3 unspecified atom stereocenters. The van der Waals surface area contributed by atoms with Crippen molar-refractivity contribution in [3.63, 3.8) is 0 Å². The van der Waals surface area contributed by atoms with Crippen molar-refractivity contribution in [2.45, 2.75) is 51.0 Å². The summed E-state index contributed by atoms with van der Waals surface area (Å²) in [7, 11) is 0. The van der Waals surface area contributed by atoms with Gasteiger partial charge in [0.05, 0.1) is 6.07 Å². The van der Waals surface area contributed by atoms with Gasteiger partial charge in [-0.1, -0.05) is 37.3 Å². The Morgan fingerprint density at radius 3 is 2.81 bits per heavy atom. The first-order valence-electron chi connectivity index (χ1n) is 11.5. The zero-order valence-electron chi connectivity index (χ0n) is 18.9. The molecular weight excluding hydrogens is 414 g/mol. The fourth-order valence-corrected chi connectivity index (χ4v) is 6.12. The predicted molar refractivity (Wildman–Crippen MR) is 132 cm³/mol. The lowest BCUT2D eigenvalue weighted by atomic mass is 9.79. The van der Waals surface area contributed by atoms with Gasteiger partial charge in [0, 0.05) is 16.3 Å². The minimum Gasteiger partial charge on any atom is -0.339 e. The summed E-state index contributed by atoms with van der Waals surface area (Å²) in [5.41, 5.74) is 3.49. The molecule has 2 aromatic carbocycles. The van der Waals surface area contributed by atoms with Crippen molar-refractivity contribution in [3.8, 4) is 6.07 Å². The van der Waals surface area contributed by atoms with Crippen LogP contribution in [0.25, 0.3) is 10.1 Å². The highest BCUT2D eigenvalue weighted by Crippen LogP contribution is 2.45. The van der Waals surface area contributed by atoms with Crippen molar-refractivity contribution < 1.29 is 4.79 Å². The molecule has 4 rings (SSSR count). The summed E-state index contributed by atoms with van der Waals surface area (Å²) in [5, 5.41) is 18.6. The summed E-state index contributed by atoms with van der Waals surface area (Å²) in [6, 6.07) is 18.9. The Balaban J connectivity index is 1.29. The Kier molecular flexibility index (Phi) is 6.93. The predicted octanol–water partition coefficient (Wildman–Crippen LogP) is 5.95. The number of amides is 1. The second-order valence-electron chi connectivity index (χ2n) is 9.24. The van der Waals surface area contributed by atoms with Gasteiger partial charge in [-0.3, -0.25) is 4.79 Å². The molecule has 0 spiro atoms. The number of hydrogen-bond acceptors (Lipinski definition) is 4. The van der Waals surface area contributed by atoms with Crippen LogP contribution < -0.4 is 10.6 Å². The average molecular weight is 446 g/mol. The van der Waals surface area contributed by atoms with Crippen molar-refractivity contribution in [1.29, 1.82) is 5.26 Å². The minimum absolute atomic E-state index is 0.0370. The first-order valence-corrected chi connectivity index (χ1v) is 12.3. The fourth-order valence-electron chi connectivity index (χ4n) is 5.07. The van der Waals surface area contributed by atoms with Crippen molar-refractivity contribution in [2.75, 3.05) is 13.1 Å². The van der Waals surface area contributed by atoms with Gasteiger partial charge in [0.25, 0.3) is 5.91 Å². The van der Waals surface area contributed by atoms with Crippen LogP contribution in [0.1, 0.15) is 67.1 Å². The lowest BCUT2D eigenvalue weighted by molar-refractivity contribution is 0.0958. The molecule has 1 aromatic heterocycles. The number of carbonyl (C=O) groups excluding carboxylic acids is 1. The smallest absolute Gasteiger partial charge is 0.252 e. The summed E-state index contributed by atoms with van der Waals surface area (Å²) in [6.45, 7) is 5.69. The molecule has 1 heterocycles. The van der Waals surface area contributed by atoms with E-state index in [-0.39, 0.29) is 17.9 Å². The Morgan fingerprint density at radius 1 is 1.25 bits per heavy atom. The second kappa shape index (κ2) is 9.85. The molecular formula is C27H31N3OS. The Bertz CT molecular complexity index is 1110. The standard InChI is InChI=1S/C27H31N3OS/c1-19(24-18-32-25-6-4-3-5-23(24)25)29-15-12-20-11-13-27(2,17-20)22-9-7-21(8-10-22)26(31)30-16-14-28/h3-10,18-20,29H,11-13,15-17H2,1-2H3,(H,30,31). The Labute approximate surface area is 194 Å². The van der Waals surface area contributed by atoms with E-state index >= 15 is 0 Å². The maximum absolute atomic E-state index is 12.0. The van der Waals surface area contributed by atoms with E-state index in [9.17, 15) is 4.79 Å². The molecule has 1 aliphatic rings. The maximum Gasteiger partial charge on any atom is 0.252 e. The van der Waals surface area contributed by atoms with Gasteiger partial charge in [0.15, 0.2) is 0 Å². The van der Waals surface area contributed by atoms with E-state index in [1.807, 2.05) is 29.5 Å². The van der Waals surface area contributed by atoms with E-state index in [0.29, 0.717) is 11.6 Å². The number of nitrogens with zero attached hydrogens (tertiary/aromatic N) is 1. The molecule has 0 saturated heterocycles. The summed E-state index contributed by atoms with van der Waals surface area (Å²) < 4.78 is 1.36. The number of nitrogens with one attached hydrogen (secondary N) is 2. The van der Waals surface area contributed by atoms with Gasteiger partial charge in [-0.15, -0.1) is 11.3 Å². The van der Waals surface area contributed by atoms with Crippen molar-refractivity contribution in [1.82, 2.24) is 10.6 Å². The molecule has 3 aromatic rings. The fraction of sp³-hybridized carbons (Fsp3) is 0.407. The summed E-state index contributed by atoms with van der Waals surface area (Å²) in [6.07, 6.45) is 4.81. The third-order valence-corrected chi connectivity index (χ3v) is 7.98. The number of hydrogen-bond donors (Lipinski definition) is 2. The molecule has 4 nitrogen and oxygen atoms in total. The minimum atomic E-state index is -0.189. The monoisotopic (exact) mass is 445 g/mol. The number of thiophene rings is 1. The zero-order valence-corrected chi connectivity index (χ0v) is 19.7. The van der Waals surface area contributed by atoms with E-state index in [1.54, 1.807) is 0 Å². The number of benzene rings is 2. The van der Waals surface area contributed by atoms with Crippen molar-refractivity contribution >= 4 is 27.3 Å². The molecule has 0 aliphatic heterocycles. The van der Waals surface area contributed by atoms with E-state index in [4.69, 9.17) is 5.26 Å². The molecule has 32 heavy (non-hydrogen) atoms. The van der Waals surface area contributed by atoms with Gasteiger partial charge in [-0.25, -0.2) is 0 Å². The Morgan fingerprint density at radius 2 is 2.03 bits per heavy atom. The van der Waals surface area contributed by atoms with Crippen LogP contribution in [0.2, 0.25) is 0 Å². The van der Waals surface area contributed by atoms with E-state index in [0.717, 1.165) is 12.5 Å². The topological polar surface area (TPSA) is 64.9 Å². The molecule has 1 fully saturated rings. The van der Waals surface area contributed by atoms with Gasteiger partial charge in [0.1, 0.15) is 6.54 Å². The third-order valence-electron chi connectivity index (χ3n) is 7.00. The lowest BCUT2D eigenvalue weighted by Crippen LogP contribution is -2.24. The first-order chi connectivity index (χ1) is 15.5. The van der Waals surface area contributed by atoms with Gasteiger partial charge in [-0.05, 0) is 90.6 Å². The van der Waals surface area contributed by atoms with Crippen LogP contribution in [0, 0.1) is 17.2 Å². The van der Waals surface area contributed by atoms with Crippen LogP contribution in [-0.2, 0) is 5.41 Å². The zero-order chi connectivity index (χ0) is 22.6. The highest BCUT2D eigenvalue weighted by atomic mass is 32.1. The first kappa shape index (κ1) is 22.5. The van der Waals surface area contributed by atoms with Gasteiger partial charge in [-0.2, -0.15) is 5.26 Å². The van der Waals surface area contributed by atoms with Gasteiger partial charge in [0.2, 0.25) is 0 Å². The molecule has 5 heteroatoms. The van der Waals surface area contributed by atoms with E-state index < -0.39 is 0 Å². The summed E-state index contributed by atoms with van der Waals surface area (Å²) in [4.78, 5) is 12.0. The summed E-state index contributed by atoms with van der Waals surface area (Å²) >= 11 is 1.83. The molecule has 1 saturated carbocycles. The number of nitriles is 1. The molecule has 3 atom stereocenters. The number of carbonyl (C=O) groups is 1. The number of fused-ring (bicyclic) bond motifs is 1. The van der Waals surface area contributed by atoms with E-state index in [1.165, 1.54) is 46.9 Å². The van der Waals surface area contributed by atoms with Crippen molar-refractivity contribution in [3.05, 3.63) is 70.6 Å². The Hall–Kier alpha value is -2.68. The van der Waals surface area contributed by atoms with Crippen molar-refractivity contribution in [2.24, 2.45) is 5.92 Å². The van der Waals surface area contributed by atoms with Gasteiger partial charge < -0.3 is 10.6 Å². The lowest BCUT2D eigenvalue weighted by Gasteiger charge is -2.25. The van der Waals surface area contributed by atoms with Crippen LogP contribution in [0.5, 0.6) is 0 Å². The largest absolute Gasteiger partial charge is 0.339 e. The van der Waals surface area contributed by atoms with Crippen LogP contribution in [0.15, 0.2) is 53.9 Å². The second-order valence-corrected chi connectivity index (χ2v) is 10.2. The molecule has 166 valence electrons. The molecule has 0 bridgehead atoms. The summed E-state index contributed by atoms with van der Waals surface area (Å²) in [5.74, 6) is 0.531. The third kappa shape index (κ3) is 4.87. The highest BCUT2D eigenvalue weighted by Gasteiger charge is 2.36. The maximum atomic E-state index is 12.0. The number of rotatable bonds is 8. The SMILES string of the molecule is CC(NCCC1CCC(C)(c2ccc(C(=O)NCC#N)cc2)C1)c1csc2ccccc12. The molecule has 0 radical (unpaired) electrons. The van der Waals surface area contributed by atoms with Crippen LogP contribution >= 0.6 is 11.3 Å².